The average molecular weight is 399 g/mol. The van der Waals surface area contributed by atoms with E-state index in [0.29, 0.717) is 33.8 Å². The number of aromatic carboxylic acids is 1. The Morgan fingerprint density at radius 1 is 0.867 bits per heavy atom. The van der Waals surface area contributed by atoms with Crippen LogP contribution in [-0.4, -0.2) is 22.9 Å². The van der Waals surface area contributed by atoms with Gasteiger partial charge in [-0.2, -0.15) is 0 Å². The molecule has 1 heterocycles. The summed E-state index contributed by atoms with van der Waals surface area (Å²) in [5.74, 6) is -1.91. The molecule has 0 aromatic heterocycles. The first-order valence-corrected chi connectivity index (χ1v) is 9.09. The van der Waals surface area contributed by atoms with Gasteiger partial charge in [-0.05, 0) is 42.0 Å². The summed E-state index contributed by atoms with van der Waals surface area (Å²) in [6.45, 7) is 0. The van der Waals surface area contributed by atoms with Crippen molar-refractivity contribution in [1.29, 1.82) is 0 Å². The van der Waals surface area contributed by atoms with E-state index in [1.54, 1.807) is 30.3 Å². The lowest BCUT2D eigenvalue weighted by atomic mass is 9.99. The molecule has 5 N–H and O–H groups in total. The molecule has 0 unspecified atom stereocenters. The lowest BCUT2D eigenvalue weighted by Gasteiger charge is -2.15. The number of carboxylic acids is 1. The van der Waals surface area contributed by atoms with Crippen molar-refractivity contribution in [3.05, 3.63) is 95.1 Å². The van der Waals surface area contributed by atoms with Crippen LogP contribution in [0, 0.1) is 0 Å². The molecular formula is C23H17N3O4. The maximum Gasteiger partial charge on any atom is 0.335 e. The van der Waals surface area contributed by atoms with Crippen LogP contribution in [-0.2, 0) is 4.79 Å². The van der Waals surface area contributed by atoms with E-state index in [-0.39, 0.29) is 11.5 Å². The van der Waals surface area contributed by atoms with Gasteiger partial charge in [0.1, 0.15) is 0 Å². The molecule has 3 aromatic rings. The van der Waals surface area contributed by atoms with Gasteiger partial charge >= 0.3 is 5.97 Å². The summed E-state index contributed by atoms with van der Waals surface area (Å²) in [4.78, 5) is 35.4. The van der Waals surface area contributed by atoms with Gasteiger partial charge in [-0.1, -0.05) is 36.4 Å². The first-order valence-electron chi connectivity index (χ1n) is 9.09. The molecule has 2 amide bonds. The van der Waals surface area contributed by atoms with Crippen molar-refractivity contribution in [2.75, 3.05) is 10.6 Å². The number of fused-ring (bicyclic) bond motifs is 1. The Morgan fingerprint density at radius 2 is 1.53 bits per heavy atom. The predicted molar refractivity (Wildman–Crippen MR) is 114 cm³/mol. The van der Waals surface area contributed by atoms with E-state index in [9.17, 15) is 14.4 Å². The molecule has 0 saturated carbocycles. The quantitative estimate of drug-likeness (QED) is 0.490. The van der Waals surface area contributed by atoms with Crippen molar-refractivity contribution >= 4 is 40.4 Å². The summed E-state index contributed by atoms with van der Waals surface area (Å²) in [7, 11) is 0. The van der Waals surface area contributed by atoms with Gasteiger partial charge in [0, 0.05) is 22.5 Å². The van der Waals surface area contributed by atoms with Crippen LogP contribution in [0.15, 0.2) is 72.8 Å². The second-order valence-electron chi connectivity index (χ2n) is 6.70. The Labute approximate surface area is 171 Å². The van der Waals surface area contributed by atoms with Crippen LogP contribution < -0.4 is 16.4 Å². The van der Waals surface area contributed by atoms with Gasteiger partial charge in [-0.3, -0.25) is 9.59 Å². The van der Waals surface area contributed by atoms with E-state index < -0.39 is 11.9 Å². The van der Waals surface area contributed by atoms with E-state index in [0.717, 1.165) is 5.56 Å². The molecule has 0 fully saturated rings. The monoisotopic (exact) mass is 399 g/mol. The van der Waals surface area contributed by atoms with Crippen molar-refractivity contribution in [2.24, 2.45) is 5.73 Å². The standard InChI is InChI=1S/C23H17N3O4/c24-21(27)15-8-11-17-18(12-15)26-22(28)19(17)20(13-4-2-1-3-5-13)25-16-9-6-14(7-10-16)23(29)30/h1-12,25H,(H2,24,27)(H,26,28)(H,29,30)/b20-19-. The molecule has 7 heteroatoms. The Hall–Kier alpha value is -4.39. The summed E-state index contributed by atoms with van der Waals surface area (Å²) >= 11 is 0. The number of carbonyl (C=O) groups excluding carboxylic acids is 2. The molecule has 0 bridgehead atoms. The zero-order valence-corrected chi connectivity index (χ0v) is 15.7. The van der Waals surface area contributed by atoms with Crippen LogP contribution in [0.3, 0.4) is 0 Å². The van der Waals surface area contributed by atoms with Gasteiger partial charge in [-0.25, -0.2) is 4.79 Å². The third kappa shape index (κ3) is 3.51. The maximum absolute atomic E-state index is 12.9. The van der Waals surface area contributed by atoms with Crippen LogP contribution in [0.2, 0.25) is 0 Å². The van der Waals surface area contributed by atoms with Crippen molar-refractivity contribution < 1.29 is 19.5 Å². The summed E-state index contributed by atoms with van der Waals surface area (Å²) in [6.07, 6.45) is 0. The van der Waals surface area contributed by atoms with Crippen LogP contribution in [0.25, 0.3) is 11.3 Å². The van der Waals surface area contributed by atoms with Gasteiger partial charge in [0.2, 0.25) is 5.91 Å². The Bertz CT molecular complexity index is 1200. The van der Waals surface area contributed by atoms with E-state index in [1.165, 1.54) is 12.1 Å². The summed E-state index contributed by atoms with van der Waals surface area (Å²) < 4.78 is 0. The van der Waals surface area contributed by atoms with E-state index in [1.807, 2.05) is 30.3 Å². The highest BCUT2D eigenvalue weighted by molar-refractivity contribution is 6.37. The fourth-order valence-electron chi connectivity index (χ4n) is 3.30. The lowest BCUT2D eigenvalue weighted by molar-refractivity contribution is -0.110. The Morgan fingerprint density at radius 3 is 2.17 bits per heavy atom. The van der Waals surface area contributed by atoms with Crippen LogP contribution in [0.1, 0.15) is 31.8 Å². The second-order valence-corrected chi connectivity index (χ2v) is 6.70. The smallest absolute Gasteiger partial charge is 0.335 e. The highest BCUT2D eigenvalue weighted by atomic mass is 16.4. The summed E-state index contributed by atoms with van der Waals surface area (Å²) in [6, 6.07) is 20.4. The second kappa shape index (κ2) is 7.56. The number of carbonyl (C=O) groups is 3. The van der Waals surface area contributed by atoms with Crippen molar-refractivity contribution in [2.45, 2.75) is 0 Å². The minimum Gasteiger partial charge on any atom is -0.478 e. The highest BCUT2D eigenvalue weighted by Crippen LogP contribution is 2.38. The van der Waals surface area contributed by atoms with E-state index in [4.69, 9.17) is 10.8 Å². The number of hydrogen-bond donors (Lipinski definition) is 4. The fraction of sp³-hybridized carbons (Fsp3) is 0. The minimum absolute atomic E-state index is 0.164. The number of nitrogens with one attached hydrogen (secondary N) is 2. The highest BCUT2D eigenvalue weighted by Gasteiger charge is 2.29. The van der Waals surface area contributed by atoms with Crippen LogP contribution in [0.5, 0.6) is 0 Å². The Kier molecular flexibility index (Phi) is 4.77. The molecular weight excluding hydrogens is 382 g/mol. The summed E-state index contributed by atoms with van der Waals surface area (Å²) in [5, 5.41) is 15.1. The molecule has 0 saturated heterocycles. The fourth-order valence-corrected chi connectivity index (χ4v) is 3.30. The van der Waals surface area contributed by atoms with Gasteiger partial charge in [-0.15, -0.1) is 0 Å². The number of primary amides is 1. The van der Waals surface area contributed by atoms with Gasteiger partial charge in [0.25, 0.3) is 5.91 Å². The zero-order valence-electron chi connectivity index (χ0n) is 15.7. The number of hydrogen-bond acceptors (Lipinski definition) is 4. The summed E-state index contributed by atoms with van der Waals surface area (Å²) in [5.41, 5.74) is 9.32. The SMILES string of the molecule is NC(=O)c1ccc2c(c1)NC(=O)/C2=C(\Nc1ccc(C(=O)O)cc1)c1ccccc1. The molecule has 0 spiro atoms. The van der Waals surface area contributed by atoms with Crippen molar-refractivity contribution in [1.82, 2.24) is 0 Å². The normalized spacial score (nSPS) is 13.9. The first-order chi connectivity index (χ1) is 14.4. The van der Waals surface area contributed by atoms with Crippen molar-refractivity contribution in [3.8, 4) is 0 Å². The molecule has 1 aliphatic heterocycles. The molecule has 0 aliphatic carbocycles. The molecule has 0 atom stereocenters. The Balaban J connectivity index is 1.84. The maximum atomic E-state index is 12.9. The van der Waals surface area contributed by atoms with E-state index >= 15 is 0 Å². The molecule has 7 nitrogen and oxygen atoms in total. The number of carboxylic acid groups (broad SMARTS) is 1. The number of benzene rings is 3. The molecule has 148 valence electrons. The van der Waals surface area contributed by atoms with E-state index in [2.05, 4.69) is 10.6 Å². The van der Waals surface area contributed by atoms with Gasteiger partial charge in [0.15, 0.2) is 0 Å². The number of anilines is 2. The minimum atomic E-state index is -1.02. The number of amides is 2. The third-order valence-corrected chi connectivity index (χ3v) is 4.76. The van der Waals surface area contributed by atoms with Crippen LogP contribution in [0.4, 0.5) is 11.4 Å². The largest absolute Gasteiger partial charge is 0.478 e. The zero-order chi connectivity index (χ0) is 21.3. The van der Waals surface area contributed by atoms with Crippen LogP contribution >= 0.6 is 0 Å². The first kappa shape index (κ1) is 18.9. The molecule has 30 heavy (non-hydrogen) atoms. The predicted octanol–water partition coefficient (Wildman–Crippen LogP) is 3.42. The molecule has 3 aromatic carbocycles. The third-order valence-electron chi connectivity index (χ3n) is 4.76. The van der Waals surface area contributed by atoms with Gasteiger partial charge < -0.3 is 21.5 Å². The molecule has 4 rings (SSSR count). The number of rotatable bonds is 5. The average Bonchev–Trinajstić information content (AvgIpc) is 3.07. The molecule has 1 aliphatic rings. The number of nitrogens with two attached hydrogens (primary N) is 1. The molecule has 0 radical (unpaired) electrons. The van der Waals surface area contributed by atoms with Gasteiger partial charge in [0.05, 0.1) is 16.8 Å². The van der Waals surface area contributed by atoms with Crippen molar-refractivity contribution in [3.63, 3.8) is 0 Å². The lowest BCUT2D eigenvalue weighted by Crippen LogP contribution is -2.11. The topological polar surface area (TPSA) is 122 Å².